The quantitative estimate of drug-likeness (QED) is 0.648. The number of rotatable bonds is 2. The number of amides is 3. The zero-order chi connectivity index (χ0) is 16.0. The monoisotopic (exact) mass is 333 g/mol. The number of hydrogen-bond acceptors (Lipinski definition) is 6. The summed E-state index contributed by atoms with van der Waals surface area (Å²) < 4.78 is 12.8. The summed E-state index contributed by atoms with van der Waals surface area (Å²) in [5.74, 6) is 0.653. The molecule has 23 heavy (non-hydrogen) atoms. The Balaban J connectivity index is 1.61. The van der Waals surface area contributed by atoms with Crippen LogP contribution in [0.2, 0.25) is 0 Å². The third-order valence-electron chi connectivity index (χ3n) is 3.83. The molecule has 3 aliphatic rings. The molecule has 0 aromatic heterocycles. The van der Waals surface area contributed by atoms with E-state index in [2.05, 4.69) is 0 Å². The predicted octanol–water partition coefficient (Wildman–Crippen LogP) is 1.26. The molecule has 7 nitrogen and oxygen atoms in total. The average Bonchev–Trinajstić information content (AvgIpc) is 3.06. The zero-order valence-corrected chi connectivity index (χ0v) is 12.7. The molecule has 3 amide bonds. The number of nitrogens with zero attached hydrogens (tertiary/aromatic N) is 2. The third-order valence-corrected chi connectivity index (χ3v) is 4.84. The first-order valence-corrected chi connectivity index (χ1v) is 8.01. The lowest BCUT2D eigenvalue weighted by Crippen LogP contribution is -2.55. The molecule has 2 atom stereocenters. The topological polar surface area (TPSA) is 79.1 Å². The van der Waals surface area contributed by atoms with Crippen LogP contribution in [0.4, 0.5) is 4.79 Å². The molecule has 1 aromatic carbocycles. The normalized spacial score (nSPS) is 25.9. The Morgan fingerprint density at radius 2 is 2.09 bits per heavy atom. The van der Waals surface area contributed by atoms with Crippen LogP contribution in [-0.2, 0) is 4.79 Å². The van der Waals surface area contributed by atoms with Crippen LogP contribution in [0.5, 0.6) is 11.5 Å². The van der Waals surface area contributed by atoms with Gasteiger partial charge in [0.1, 0.15) is 18.9 Å². The fourth-order valence-electron chi connectivity index (χ4n) is 2.73. The van der Waals surface area contributed by atoms with Gasteiger partial charge in [-0.1, -0.05) is 12.1 Å². The van der Waals surface area contributed by atoms with E-state index in [1.807, 2.05) is 18.2 Å². The van der Waals surface area contributed by atoms with Crippen molar-refractivity contribution in [3.8, 4) is 11.5 Å². The second kappa shape index (κ2) is 5.39. The smallest absolute Gasteiger partial charge is 0.486 e. The Bertz CT molecular complexity index is 760. The molecule has 0 saturated heterocycles. The summed E-state index contributed by atoms with van der Waals surface area (Å²) in [5.41, 5.74) is 0.567. The summed E-state index contributed by atoms with van der Waals surface area (Å²) in [4.78, 5) is 24.1. The number of carbonyl (C=O) groups excluding carboxylic acids is 2. The fourth-order valence-corrected chi connectivity index (χ4v) is 3.67. The van der Waals surface area contributed by atoms with Gasteiger partial charge >= 0.3 is 11.9 Å². The maximum Gasteiger partial charge on any atom is 0.532 e. The van der Waals surface area contributed by atoms with Gasteiger partial charge in [0.15, 0.2) is 22.9 Å². The van der Waals surface area contributed by atoms with Crippen LogP contribution in [0.25, 0.3) is 0 Å². The summed E-state index contributed by atoms with van der Waals surface area (Å²) in [6, 6.07) is 6.53. The van der Waals surface area contributed by atoms with E-state index in [9.17, 15) is 14.8 Å². The molecule has 0 aliphatic carbocycles. The molecule has 8 heteroatoms. The molecule has 1 N–H and O–H groups in total. The van der Waals surface area contributed by atoms with Gasteiger partial charge in [0, 0.05) is 0 Å². The van der Waals surface area contributed by atoms with E-state index < -0.39 is 17.2 Å². The van der Waals surface area contributed by atoms with E-state index in [4.69, 9.17) is 9.47 Å². The van der Waals surface area contributed by atoms with Crippen LogP contribution in [0.1, 0.15) is 0 Å². The van der Waals surface area contributed by atoms with Gasteiger partial charge in [-0.2, -0.15) is 14.6 Å². The number of hydrogen-bond donors (Lipinski definition) is 1. The van der Waals surface area contributed by atoms with Crippen LogP contribution in [0, 0.1) is 0 Å². The molecule has 0 saturated carbocycles. The molecule has 3 aliphatic heterocycles. The number of hydroxylamine groups is 2. The van der Waals surface area contributed by atoms with Crippen LogP contribution in [-0.4, -0.2) is 57.0 Å². The van der Waals surface area contributed by atoms with Crippen molar-refractivity contribution < 1.29 is 28.8 Å². The van der Waals surface area contributed by atoms with Crippen molar-refractivity contribution in [1.29, 1.82) is 0 Å². The largest absolute Gasteiger partial charge is 0.532 e. The highest BCUT2D eigenvalue weighted by Crippen LogP contribution is 2.32. The first-order valence-electron chi connectivity index (χ1n) is 7.07. The van der Waals surface area contributed by atoms with Gasteiger partial charge in [-0.25, -0.2) is 4.79 Å². The van der Waals surface area contributed by atoms with Crippen molar-refractivity contribution in [3.05, 3.63) is 35.7 Å². The molecular formula is C15H13N2O5S+. The van der Waals surface area contributed by atoms with Crippen LogP contribution in [0.15, 0.2) is 35.7 Å². The standard InChI is InChI=1S/C15H13N2O5S/c18-14-13-10(5-6-23-13)16(15(19)17(14)20)7-9-8-21-11-3-1-2-4-12(11)22-9/h1-6,9,13,20H,7-8H2/q+1. The predicted molar refractivity (Wildman–Crippen MR) is 81.0 cm³/mol. The minimum absolute atomic E-state index is 0.172. The minimum atomic E-state index is -0.768. The SMILES string of the molecule is O=C1C2SC=CC2=[N+](CC2COc3ccccc3O2)C(=O)N1O. The lowest BCUT2D eigenvalue weighted by molar-refractivity contribution is -0.458. The summed E-state index contributed by atoms with van der Waals surface area (Å²) in [7, 11) is 0. The Kier molecular flexibility index (Phi) is 3.35. The molecule has 0 bridgehead atoms. The number of ether oxygens (including phenoxy) is 2. The first kappa shape index (κ1) is 14.3. The lowest BCUT2D eigenvalue weighted by atomic mass is 10.2. The highest BCUT2D eigenvalue weighted by molar-refractivity contribution is 8.04. The molecule has 0 spiro atoms. The van der Waals surface area contributed by atoms with Crippen LogP contribution in [0.3, 0.4) is 0 Å². The maximum atomic E-state index is 12.2. The highest BCUT2D eigenvalue weighted by atomic mass is 32.2. The van der Waals surface area contributed by atoms with E-state index in [1.165, 1.54) is 16.3 Å². The number of fused-ring (bicyclic) bond motifs is 2. The van der Waals surface area contributed by atoms with Crippen molar-refractivity contribution in [3.63, 3.8) is 0 Å². The molecule has 0 radical (unpaired) electrons. The molecule has 4 rings (SSSR count). The van der Waals surface area contributed by atoms with Gasteiger partial charge in [-0.3, -0.25) is 0 Å². The average molecular weight is 333 g/mol. The number of urea groups is 1. The summed E-state index contributed by atoms with van der Waals surface area (Å²) in [6.07, 6.45) is 1.33. The molecule has 3 heterocycles. The van der Waals surface area contributed by atoms with E-state index in [0.29, 0.717) is 17.2 Å². The van der Waals surface area contributed by atoms with Crippen molar-refractivity contribution in [2.24, 2.45) is 0 Å². The van der Waals surface area contributed by atoms with Gasteiger partial charge in [-0.15, -0.1) is 11.8 Å². The number of para-hydroxylation sites is 2. The van der Waals surface area contributed by atoms with Gasteiger partial charge in [0.2, 0.25) is 0 Å². The Labute approximate surface area is 135 Å². The molecule has 2 unspecified atom stereocenters. The summed E-state index contributed by atoms with van der Waals surface area (Å²) in [6.45, 7) is 0.475. The maximum absolute atomic E-state index is 12.2. The van der Waals surface area contributed by atoms with Gasteiger partial charge in [-0.05, 0) is 28.7 Å². The number of carbonyl (C=O) groups is 2. The van der Waals surface area contributed by atoms with Crippen LogP contribution < -0.4 is 9.47 Å². The minimum Gasteiger partial charge on any atom is -0.486 e. The van der Waals surface area contributed by atoms with Gasteiger partial charge in [0.25, 0.3) is 0 Å². The lowest BCUT2D eigenvalue weighted by Gasteiger charge is -2.27. The summed E-state index contributed by atoms with van der Waals surface area (Å²) in [5, 5.41) is 11.0. The number of imide groups is 1. The number of thioether (sulfide) groups is 1. The van der Waals surface area contributed by atoms with Gasteiger partial charge in [0.05, 0.1) is 0 Å². The second-order valence-electron chi connectivity index (χ2n) is 5.28. The van der Waals surface area contributed by atoms with E-state index in [0.717, 1.165) is 0 Å². The molecular weight excluding hydrogens is 320 g/mol. The van der Waals surface area contributed by atoms with Crippen molar-refractivity contribution in [2.75, 3.05) is 13.2 Å². The fraction of sp³-hybridized carbons (Fsp3) is 0.267. The van der Waals surface area contributed by atoms with E-state index in [-0.39, 0.29) is 24.3 Å². The third kappa shape index (κ3) is 2.30. The molecule has 118 valence electrons. The highest BCUT2D eigenvalue weighted by Gasteiger charge is 2.50. The van der Waals surface area contributed by atoms with Crippen molar-refractivity contribution >= 4 is 29.4 Å². The van der Waals surface area contributed by atoms with Crippen molar-refractivity contribution in [2.45, 2.75) is 11.4 Å². The second-order valence-corrected chi connectivity index (χ2v) is 6.30. The molecule has 0 fully saturated rings. The van der Waals surface area contributed by atoms with Crippen LogP contribution >= 0.6 is 11.8 Å². The van der Waals surface area contributed by atoms with E-state index >= 15 is 0 Å². The summed E-state index contributed by atoms with van der Waals surface area (Å²) >= 11 is 1.26. The Hall–Kier alpha value is -2.32. The van der Waals surface area contributed by atoms with Crippen molar-refractivity contribution in [1.82, 2.24) is 5.06 Å². The Morgan fingerprint density at radius 3 is 2.91 bits per heavy atom. The molecule has 1 aromatic rings. The zero-order valence-electron chi connectivity index (χ0n) is 11.9. The van der Waals surface area contributed by atoms with E-state index in [1.54, 1.807) is 17.6 Å². The first-order chi connectivity index (χ1) is 11.1. The number of allylic oxidation sites excluding steroid dienone is 1. The van der Waals surface area contributed by atoms with Gasteiger partial charge < -0.3 is 9.47 Å². The number of benzene rings is 1. The Morgan fingerprint density at radius 1 is 1.30 bits per heavy atom.